The Morgan fingerprint density at radius 3 is 2.57 bits per heavy atom. The second-order valence-corrected chi connectivity index (χ2v) is 7.23. The van der Waals surface area contributed by atoms with Gasteiger partial charge in [-0.05, 0) is 45.3 Å². The van der Waals surface area contributed by atoms with Crippen molar-refractivity contribution in [2.45, 2.75) is 22.8 Å². The molecule has 3 rings (SSSR count). The first-order valence-corrected chi connectivity index (χ1v) is 8.48. The zero-order valence-corrected chi connectivity index (χ0v) is 14.5. The molecule has 120 valence electrons. The SMILES string of the molecule is CC(CN(C)C)N1c2ccccc2Sc2ccc(C(=N)N)cc21. The van der Waals surface area contributed by atoms with E-state index in [0.29, 0.717) is 6.04 Å². The number of nitrogens with one attached hydrogen (secondary N) is 1. The zero-order valence-electron chi connectivity index (χ0n) is 13.7. The Balaban J connectivity index is 2.12. The van der Waals surface area contributed by atoms with E-state index in [9.17, 15) is 0 Å². The third-order valence-electron chi connectivity index (χ3n) is 3.94. The molecule has 1 aliphatic rings. The van der Waals surface area contributed by atoms with Gasteiger partial charge in [-0.15, -0.1) is 0 Å². The number of hydrogen-bond donors (Lipinski definition) is 2. The predicted octanol–water partition coefficient (Wildman–Crippen LogP) is 3.52. The van der Waals surface area contributed by atoms with Gasteiger partial charge in [-0.1, -0.05) is 30.0 Å². The fraction of sp³-hybridized carbons (Fsp3) is 0.278. The third-order valence-corrected chi connectivity index (χ3v) is 5.07. The summed E-state index contributed by atoms with van der Waals surface area (Å²) in [5.41, 5.74) is 8.82. The minimum absolute atomic E-state index is 0.108. The Morgan fingerprint density at radius 1 is 1.17 bits per heavy atom. The standard InChI is InChI=1S/C18H22N4S/c1-12(11-21(2)3)22-14-6-4-5-7-16(14)23-17-9-8-13(18(19)20)10-15(17)22/h4-10,12H,11H2,1-3H3,(H3,19,20). The highest BCUT2D eigenvalue weighted by molar-refractivity contribution is 7.99. The molecule has 0 radical (unpaired) electrons. The van der Waals surface area contributed by atoms with E-state index in [4.69, 9.17) is 11.1 Å². The molecule has 0 saturated carbocycles. The minimum atomic E-state index is 0.108. The summed E-state index contributed by atoms with van der Waals surface area (Å²) in [6.45, 7) is 3.18. The molecule has 4 nitrogen and oxygen atoms in total. The molecule has 0 fully saturated rings. The van der Waals surface area contributed by atoms with Crippen LogP contribution in [0.3, 0.4) is 0 Å². The van der Waals surface area contributed by atoms with Gasteiger partial charge in [-0.3, -0.25) is 5.41 Å². The van der Waals surface area contributed by atoms with Gasteiger partial charge in [0.1, 0.15) is 5.84 Å². The fourth-order valence-electron chi connectivity index (χ4n) is 3.04. The molecular weight excluding hydrogens is 304 g/mol. The van der Waals surface area contributed by atoms with E-state index in [0.717, 1.165) is 17.8 Å². The zero-order chi connectivity index (χ0) is 16.6. The van der Waals surface area contributed by atoms with Crippen molar-refractivity contribution >= 4 is 29.0 Å². The molecule has 0 bridgehead atoms. The van der Waals surface area contributed by atoms with Crippen molar-refractivity contribution in [1.82, 2.24) is 4.90 Å². The maximum Gasteiger partial charge on any atom is 0.122 e. The number of hydrogen-bond acceptors (Lipinski definition) is 4. The quantitative estimate of drug-likeness (QED) is 0.667. The first-order valence-electron chi connectivity index (χ1n) is 7.66. The first kappa shape index (κ1) is 15.9. The van der Waals surface area contributed by atoms with Crippen LogP contribution in [0.4, 0.5) is 11.4 Å². The second-order valence-electron chi connectivity index (χ2n) is 6.15. The van der Waals surface area contributed by atoms with Gasteiger partial charge in [0.05, 0.1) is 11.4 Å². The molecular formula is C18H22N4S. The molecule has 0 aromatic heterocycles. The van der Waals surface area contributed by atoms with Crippen LogP contribution in [-0.4, -0.2) is 37.4 Å². The molecule has 0 saturated heterocycles. The molecule has 0 amide bonds. The van der Waals surface area contributed by atoms with Gasteiger partial charge in [-0.2, -0.15) is 0 Å². The van der Waals surface area contributed by atoms with Crippen LogP contribution in [0.5, 0.6) is 0 Å². The summed E-state index contributed by atoms with van der Waals surface area (Å²) in [5.74, 6) is 0.108. The van der Waals surface area contributed by atoms with Crippen LogP contribution in [0.1, 0.15) is 12.5 Å². The van der Waals surface area contributed by atoms with Gasteiger partial charge in [0, 0.05) is 27.9 Å². The molecule has 0 aliphatic carbocycles. The third kappa shape index (κ3) is 3.07. The number of benzene rings is 2. The molecule has 1 aliphatic heterocycles. The van der Waals surface area contributed by atoms with Crippen molar-refractivity contribution < 1.29 is 0 Å². The number of anilines is 2. The summed E-state index contributed by atoms with van der Waals surface area (Å²) >= 11 is 1.78. The molecule has 2 aromatic carbocycles. The minimum Gasteiger partial charge on any atom is -0.384 e. The Kier molecular flexibility index (Phi) is 4.33. The summed E-state index contributed by atoms with van der Waals surface area (Å²) in [7, 11) is 4.18. The van der Waals surface area contributed by atoms with Gasteiger partial charge in [0.25, 0.3) is 0 Å². The molecule has 0 spiro atoms. The van der Waals surface area contributed by atoms with Crippen molar-refractivity contribution in [2.75, 3.05) is 25.5 Å². The molecule has 2 aromatic rings. The van der Waals surface area contributed by atoms with E-state index in [1.54, 1.807) is 11.8 Å². The van der Waals surface area contributed by atoms with Crippen LogP contribution < -0.4 is 10.6 Å². The molecule has 5 heteroatoms. The number of nitrogens with two attached hydrogens (primary N) is 1. The molecule has 3 N–H and O–H groups in total. The smallest absolute Gasteiger partial charge is 0.122 e. The maximum atomic E-state index is 7.73. The van der Waals surface area contributed by atoms with E-state index in [1.165, 1.54) is 15.5 Å². The second kappa shape index (κ2) is 6.26. The lowest BCUT2D eigenvalue weighted by molar-refractivity contribution is 0.380. The molecule has 1 unspecified atom stereocenters. The topological polar surface area (TPSA) is 56.4 Å². The normalized spacial score (nSPS) is 14.3. The Hall–Kier alpha value is -1.98. The Morgan fingerprint density at radius 2 is 1.87 bits per heavy atom. The van der Waals surface area contributed by atoms with Crippen molar-refractivity contribution in [2.24, 2.45) is 5.73 Å². The van der Waals surface area contributed by atoms with E-state index >= 15 is 0 Å². The monoisotopic (exact) mass is 326 g/mol. The lowest BCUT2D eigenvalue weighted by atomic mass is 10.1. The molecule has 1 atom stereocenters. The highest BCUT2D eigenvalue weighted by Gasteiger charge is 2.27. The summed E-state index contributed by atoms with van der Waals surface area (Å²) in [4.78, 5) is 7.04. The van der Waals surface area contributed by atoms with E-state index in [-0.39, 0.29) is 5.84 Å². The van der Waals surface area contributed by atoms with Crippen molar-refractivity contribution in [3.05, 3.63) is 48.0 Å². The van der Waals surface area contributed by atoms with Crippen molar-refractivity contribution in [3.63, 3.8) is 0 Å². The summed E-state index contributed by atoms with van der Waals surface area (Å²) in [5, 5.41) is 7.73. The number of amidine groups is 1. The van der Waals surface area contributed by atoms with Crippen LogP contribution >= 0.6 is 11.8 Å². The van der Waals surface area contributed by atoms with E-state index in [2.05, 4.69) is 61.2 Å². The number of rotatable bonds is 4. The van der Waals surface area contributed by atoms with E-state index in [1.807, 2.05) is 12.1 Å². The maximum absolute atomic E-state index is 7.73. The number of likely N-dealkylation sites (N-methyl/N-ethyl adjacent to an activating group) is 1. The van der Waals surface area contributed by atoms with Gasteiger partial charge in [0.2, 0.25) is 0 Å². The average molecular weight is 326 g/mol. The summed E-state index contributed by atoms with van der Waals surface area (Å²) in [6.07, 6.45) is 0. The van der Waals surface area contributed by atoms with Crippen LogP contribution in [0.15, 0.2) is 52.3 Å². The van der Waals surface area contributed by atoms with Crippen LogP contribution in [-0.2, 0) is 0 Å². The van der Waals surface area contributed by atoms with Crippen LogP contribution in [0, 0.1) is 5.41 Å². The van der Waals surface area contributed by atoms with E-state index < -0.39 is 0 Å². The number of nitrogen functional groups attached to an aromatic ring is 1. The number of nitrogens with zero attached hydrogens (tertiary/aromatic N) is 2. The lowest BCUT2D eigenvalue weighted by Crippen LogP contribution is -2.38. The predicted molar refractivity (Wildman–Crippen MR) is 98.2 cm³/mol. The van der Waals surface area contributed by atoms with Crippen molar-refractivity contribution in [1.29, 1.82) is 5.41 Å². The Labute approximate surface area is 141 Å². The molecule has 23 heavy (non-hydrogen) atoms. The molecule has 1 heterocycles. The fourth-order valence-corrected chi connectivity index (χ4v) is 4.09. The Bertz CT molecular complexity index is 742. The van der Waals surface area contributed by atoms with Crippen LogP contribution in [0.25, 0.3) is 0 Å². The lowest BCUT2D eigenvalue weighted by Gasteiger charge is -2.38. The highest BCUT2D eigenvalue weighted by Crippen LogP contribution is 2.49. The van der Waals surface area contributed by atoms with Crippen molar-refractivity contribution in [3.8, 4) is 0 Å². The number of fused-ring (bicyclic) bond motifs is 2. The van der Waals surface area contributed by atoms with Crippen LogP contribution in [0.2, 0.25) is 0 Å². The highest BCUT2D eigenvalue weighted by atomic mass is 32.2. The van der Waals surface area contributed by atoms with Gasteiger partial charge < -0.3 is 15.5 Å². The van der Waals surface area contributed by atoms with Gasteiger partial charge >= 0.3 is 0 Å². The summed E-state index contributed by atoms with van der Waals surface area (Å²) in [6, 6.07) is 14.8. The average Bonchev–Trinajstić information content (AvgIpc) is 2.51. The first-order chi connectivity index (χ1) is 11.0. The van der Waals surface area contributed by atoms with Gasteiger partial charge in [-0.25, -0.2) is 0 Å². The number of para-hydroxylation sites is 1. The van der Waals surface area contributed by atoms with Gasteiger partial charge in [0.15, 0.2) is 0 Å². The summed E-state index contributed by atoms with van der Waals surface area (Å²) < 4.78 is 0. The largest absolute Gasteiger partial charge is 0.384 e.